The molecule has 0 radical (unpaired) electrons. The van der Waals surface area contributed by atoms with Crippen LogP contribution in [0.25, 0.3) is 0 Å². The van der Waals surface area contributed by atoms with Crippen LogP contribution in [0.3, 0.4) is 0 Å². The number of methoxy groups -OCH3 is 1. The van der Waals surface area contributed by atoms with Crippen molar-refractivity contribution in [1.82, 2.24) is 21.3 Å². The molecule has 0 aromatic heterocycles. The molecule has 6 aliphatic heterocycles. The zero-order valence-corrected chi connectivity index (χ0v) is 37.3. The van der Waals surface area contributed by atoms with Crippen molar-refractivity contribution in [3.8, 4) is 11.5 Å². The fourth-order valence-electron chi connectivity index (χ4n) is 9.46. The van der Waals surface area contributed by atoms with Gasteiger partial charge in [0.15, 0.2) is 6.29 Å². The average Bonchev–Trinajstić information content (AvgIpc) is 3.32. The largest absolute Gasteiger partial charge is 0.497 e. The minimum absolute atomic E-state index is 0.202. The van der Waals surface area contributed by atoms with Crippen LogP contribution in [0.4, 0.5) is 0 Å². The monoisotopic (exact) mass is 992 g/mol. The smallest absolute Gasteiger partial charge is 0.280 e. The van der Waals surface area contributed by atoms with Crippen LogP contribution in [-0.4, -0.2) is 247 Å². The number of amides is 4. The fraction of sp³-hybridized carbons (Fsp3) is 0.756. The van der Waals surface area contributed by atoms with Gasteiger partial charge in [0.25, 0.3) is 23.4 Å². The molecule has 4 amide bonds. The van der Waals surface area contributed by atoms with Crippen LogP contribution in [0.15, 0.2) is 24.3 Å². The van der Waals surface area contributed by atoms with Gasteiger partial charge >= 0.3 is 0 Å². The third kappa shape index (κ3) is 10.5. The summed E-state index contributed by atoms with van der Waals surface area (Å²) in [6.45, 7) is -1.04. The molecule has 69 heavy (non-hydrogen) atoms. The molecule has 6 saturated heterocycles. The maximum atomic E-state index is 14.1. The molecule has 22 atom stereocenters. The van der Waals surface area contributed by atoms with Crippen molar-refractivity contribution in [2.24, 2.45) is 0 Å². The lowest BCUT2D eigenvalue weighted by Crippen LogP contribution is -2.78. The van der Waals surface area contributed by atoms with Gasteiger partial charge in [-0.05, 0) is 24.3 Å². The predicted molar refractivity (Wildman–Crippen MR) is 219 cm³/mol. The number of fused-ring (bicyclic) bond motifs is 1. The molecule has 0 unspecified atom stereocenters. The van der Waals surface area contributed by atoms with E-state index in [1.165, 1.54) is 19.2 Å². The summed E-state index contributed by atoms with van der Waals surface area (Å²) in [6.07, 6.45) is -31.6. The number of hydrogen-bond donors (Lipinski definition) is 15. The van der Waals surface area contributed by atoms with Gasteiger partial charge in [0.2, 0.25) is 18.1 Å². The molecule has 7 rings (SSSR count). The topological polar surface area (TPSA) is 422 Å². The molecule has 6 aliphatic rings. The van der Waals surface area contributed by atoms with Crippen molar-refractivity contribution >= 4 is 23.6 Å². The Hall–Kier alpha value is -4.02. The Bertz CT molecular complexity index is 1970. The summed E-state index contributed by atoms with van der Waals surface area (Å²) in [6, 6.07) is 1.75. The molecular weight excluding hydrogens is 932 g/mol. The normalized spacial score (nSPS) is 42.6. The van der Waals surface area contributed by atoms with E-state index in [2.05, 4.69) is 21.3 Å². The van der Waals surface area contributed by atoms with E-state index in [1.54, 1.807) is 12.1 Å². The number of morpholine rings is 2. The SMILES string of the molecule is COc1ccc(O[C@@H]2O[C@H](CO)[C@@H](O[C@@H]3O[C@H](CO)[C@@H]4NC(=O)[C@]5(C[C@H](O)[C@@H](NC(C)=O)[C@H]([C@H](O)[C@H]6CNC(=O)[C@]7(C[C@H](O)[C@@H](NC(C)=O)[C@H]([C@H](O)[C@H](O)CO)O7)O6)O5)O[C@@H]4[C@H]3O)[C@H](O)[C@H]2O)cc1. The van der Waals surface area contributed by atoms with Gasteiger partial charge in [-0.3, -0.25) is 19.2 Å². The number of carbonyl (C=O) groups excluding carboxylic acids is 4. The first-order chi connectivity index (χ1) is 32.7. The number of aliphatic hydroxyl groups excluding tert-OH is 11. The summed E-state index contributed by atoms with van der Waals surface area (Å²) < 4.78 is 52.7. The Morgan fingerprint density at radius 1 is 0.754 bits per heavy atom. The summed E-state index contributed by atoms with van der Waals surface area (Å²) >= 11 is 0. The van der Waals surface area contributed by atoms with Gasteiger partial charge in [0.1, 0.15) is 90.9 Å². The highest BCUT2D eigenvalue weighted by Crippen LogP contribution is 2.43. The highest BCUT2D eigenvalue weighted by molar-refractivity contribution is 5.86. The quantitative estimate of drug-likeness (QED) is 0.0823. The third-order valence-electron chi connectivity index (χ3n) is 12.9. The van der Waals surface area contributed by atoms with E-state index in [-0.39, 0.29) is 5.75 Å². The lowest BCUT2D eigenvalue weighted by atomic mass is 9.85. The third-order valence-corrected chi connectivity index (χ3v) is 12.9. The van der Waals surface area contributed by atoms with Gasteiger partial charge in [-0.2, -0.15) is 0 Å². The van der Waals surface area contributed by atoms with E-state index < -0.39 is 197 Å². The second kappa shape index (κ2) is 21.4. The van der Waals surface area contributed by atoms with E-state index in [1.807, 2.05) is 0 Å². The molecule has 1 aromatic carbocycles. The summed E-state index contributed by atoms with van der Waals surface area (Å²) in [5.74, 6) is -8.12. The Morgan fingerprint density at radius 3 is 1.90 bits per heavy atom. The van der Waals surface area contributed by atoms with Gasteiger partial charge in [-0.1, -0.05) is 0 Å². The second-order valence-corrected chi connectivity index (χ2v) is 17.7. The maximum Gasteiger partial charge on any atom is 0.280 e. The standard InChI is InChI=1S/C41H60N4O24/c1-14(49)43-24-18(51)8-40(67-33(24)27(54)20(53)11-46)38(59)42-10-21(66-40)28(55)34-25(44-15(2)50)19(52)9-41(68-34)39(60)45-26-22(12-47)63-37(31(58)35(26)69-41)65-32-23(13-48)64-36(30(57)29(32)56)62-17-6-4-16(61-3)5-7-17/h4-7,18-37,46-48,51-58H,8-13H2,1-3H3,(H,42,59)(H,43,49)(H,44,50)(H,45,60)/t18-,19-,20+,21+,22+,23+,24+,25+,26-,27+,28+,29+,30+,31+,32+,33+,34+,35-,36+,37-,40+,41-/m0/s1. The van der Waals surface area contributed by atoms with Crippen molar-refractivity contribution < 1.29 is 118 Å². The van der Waals surface area contributed by atoms with Gasteiger partial charge in [-0.15, -0.1) is 0 Å². The number of rotatable bonds is 14. The second-order valence-electron chi connectivity index (χ2n) is 17.7. The first kappa shape index (κ1) is 52.8. The van der Waals surface area contributed by atoms with Crippen molar-refractivity contribution in [2.45, 2.75) is 161 Å². The summed E-state index contributed by atoms with van der Waals surface area (Å²) in [7, 11) is 1.46. The van der Waals surface area contributed by atoms with Gasteiger partial charge in [0, 0.05) is 33.2 Å². The molecule has 15 N–H and O–H groups in total. The van der Waals surface area contributed by atoms with Crippen molar-refractivity contribution in [3.63, 3.8) is 0 Å². The van der Waals surface area contributed by atoms with E-state index in [0.29, 0.717) is 5.75 Å². The Kier molecular flexibility index (Phi) is 16.3. The average molecular weight is 993 g/mol. The summed E-state index contributed by atoms with van der Waals surface area (Å²) in [5, 5.41) is 130. The Morgan fingerprint density at radius 2 is 1.32 bits per heavy atom. The van der Waals surface area contributed by atoms with Gasteiger partial charge in [0.05, 0.1) is 57.3 Å². The maximum absolute atomic E-state index is 14.1. The highest BCUT2D eigenvalue weighted by Gasteiger charge is 2.65. The Balaban J connectivity index is 1.12. The van der Waals surface area contributed by atoms with E-state index in [9.17, 15) is 75.3 Å². The molecule has 2 spiro atoms. The minimum atomic E-state index is -2.64. The highest BCUT2D eigenvalue weighted by atomic mass is 16.8. The van der Waals surface area contributed by atoms with Crippen LogP contribution in [0.1, 0.15) is 26.7 Å². The molecule has 0 saturated carbocycles. The predicted octanol–water partition coefficient (Wildman–Crippen LogP) is -8.85. The van der Waals surface area contributed by atoms with Crippen LogP contribution in [-0.2, 0) is 52.3 Å². The molecule has 0 aliphatic carbocycles. The van der Waals surface area contributed by atoms with E-state index in [0.717, 1.165) is 13.8 Å². The van der Waals surface area contributed by atoms with Crippen molar-refractivity contribution in [3.05, 3.63) is 24.3 Å². The van der Waals surface area contributed by atoms with Crippen LogP contribution in [0.5, 0.6) is 11.5 Å². The van der Waals surface area contributed by atoms with E-state index in [4.69, 9.17) is 42.6 Å². The molecule has 0 bridgehead atoms. The number of nitrogens with one attached hydrogen (secondary N) is 4. The Labute approximate surface area is 392 Å². The molecule has 6 heterocycles. The first-order valence-corrected chi connectivity index (χ1v) is 22.1. The van der Waals surface area contributed by atoms with Crippen LogP contribution in [0.2, 0.25) is 0 Å². The molecule has 388 valence electrons. The van der Waals surface area contributed by atoms with Crippen molar-refractivity contribution in [2.75, 3.05) is 33.5 Å². The number of carbonyl (C=O) groups is 4. The van der Waals surface area contributed by atoms with E-state index >= 15 is 0 Å². The summed E-state index contributed by atoms with van der Waals surface area (Å²) in [4.78, 5) is 52.2. The van der Waals surface area contributed by atoms with Crippen molar-refractivity contribution in [1.29, 1.82) is 0 Å². The number of aliphatic hydroxyl groups is 11. The minimum Gasteiger partial charge on any atom is -0.497 e. The van der Waals surface area contributed by atoms with Crippen LogP contribution >= 0.6 is 0 Å². The number of hydrogen-bond acceptors (Lipinski definition) is 24. The van der Waals surface area contributed by atoms with Gasteiger partial charge < -0.3 is 120 Å². The molecule has 1 aromatic rings. The lowest BCUT2D eigenvalue weighted by molar-refractivity contribution is -0.382. The lowest BCUT2D eigenvalue weighted by Gasteiger charge is -2.56. The van der Waals surface area contributed by atoms with Gasteiger partial charge in [-0.25, -0.2) is 0 Å². The van der Waals surface area contributed by atoms with Crippen LogP contribution < -0.4 is 30.7 Å². The van der Waals surface area contributed by atoms with Crippen LogP contribution in [0, 0.1) is 0 Å². The summed E-state index contributed by atoms with van der Waals surface area (Å²) in [5.41, 5.74) is 0. The fourth-order valence-corrected chi connectivity index (χ4v) is 9.46. The molecule has 28 nitrogen and oxygen atoms in total. The zero-order valence-electron chi connectivity index (χ0n) is 37.3. The number of benzene rings is 1. The molecule has 28 heteroatoms. The molecule has 6 fully saturated rings. The number of ether oxygens (including phenoxy) is 9. The first-order valence-electron chi connectivity index (χ1n) is 22.1. The molecular formula is C41H60N4O24. The zero-order chi connectivity index (χ0) is 50.3.